The van der Waals surface area contributed by atoms with Gasteiger partial charge in [0, 0.05) is 22.9 Å². The van der Waals surface area contributed by atoms with Gasteiger partial charge in [-0.15, -0.1) is 10.2 Å². The number of aromatic nitrogens is 5. The number of benzene rings is 1. The zero-order valence-electron chi connectivity index (χ0n) is 19.4. The quantitative estimate of drug-likeness (QED) is 0.440. The smallest absolute Gasteiger partial charge is 0.416 e. The van der Waals surface area contributed by atoms with Crippen molar-refractivity contribution in [3.63, 3.8) is 0 Å². The van der Waals surface area contributed by atoms with Crippen molar-refractivity contribution in [1.29, 1.82) is 0 Å². The van der Waals surface area contributed by atoms with Crippen LogP contribution in [0.1, 0.15) is 37.8 Å². The molecule has 0 radical (unpaired) electrons. The number of nitrogens with one attached hydrogen (secondary N) is 1. The Morgan fingerprint density at radius 1 is 1.20 bits per heavy atom. The third kappa shape index (κ3) is 3.54. The molecule has 0 fully saturated rings. The standard InChI is InChI=1S/C24H23FN6O4/c1-24(2,3)35-23(32)30-9-15-16(25)4-5-18-20(15)13(10-33-18)11-34-19-8-14(17-6-7-26-28-17)21-29-27-12-31(21)22(19)30/h4-8,12-13H,9-11H2,1-3H3,(H,26,28)/t13-/m1/s1. The second kappa shape index (κ2) is 7.69. The number of aromatic amines is 1. The van der Waals surface area contributed by atoms with Gasteiger partial charge in [0.25, 0.3) is 0 Å². The van der Waals surface area contributed by atoms with Crippen LogP contribution < -0.4 is 14.4 Å². The third-order valence-corrected chi connectivity index (χ3v) is 6.04. The number of carbonyl (C=O) groups excluding carboxylic acids is 1. The Bertz CT molecular complexity index is 1440. The molecule has 0 bridgehead atoms. The average Bonchev–Trinajstić information content (AvgIpc) is 3.56. The molecule has 0 spiro atoms. The molecule has 180 valence electrons. The summed E-state index contributed by atoms with van der Waals surface area (Å²) in [5, 5.41) is 15.3. The third-order valence-electron chi connectivity index (χ3n) is 6.04. The highest BCUT2D eigenvalue weighted by Gasteiger charge is 2.37. The van der Waals surface area contributed by atoms with Gasteiger partial charge in [-0.1, -0.05) is 0 Å². The van der Waals surface area contributed by atoms with E-state index in [-0.39, 0.29) is 19.1 Å². The van der Waals surface area contributed by atoms with Crippen molar-refractivity contribution in [3.05, 3.63) is 53.7 Å². The van der Waals surface area contributed by atoms with Gasteiger partial charge in [0.2, 0.25) is 0 Å². The van der Waals surface area contributed by atoms with Crippen LogP contribution in [0.2, 0.25) is 0 Å². The highest BCUT2D eigenvalue weighted by Crippen LogP contribution is 2.43. The maximum Gasteiger partial charge on any atom is 0.416 e. The Kier molecular flexibility index (Phi) is 4.70. The number of ether oxygens (including phenoxy) is 3. The maximum absolute atomic E-state index is 15.2. The monoisotopic (exact) mass is 478 g/mol. The van der Waals surface area contributed by atoms with Gasteiger partial charge in [-0.2, -0.15) is 5.10 Å². The van der Waals surface area contributed by atoms with Crippen LogP contribution in [-0.2, 0) is 11.3 Å². The second-order valence-electron chi connectivity index (χ2n) is 9.56. The van der Waals surface area contributed by atoms with E-state index in [2.05, 4.69) is 20.4 Å². The Labute approximate surface area is 199 Å². The highest BCUT2D eigenvalue weighted by atomic mass is 19.1. The molecule has 0 unspecified atom stereocenters. The molecule has 2 aliphatic rings. The summed E-state index contributed by atoms with van der Waals surface area (Å²) in [5.41, 5.74) is 2.17. The van der Waals surface area contributed by atoms with Crippen molar-refractivity contribution >= 4 is 17.6 Å². The molecule has 5 heterocycles. The van der Waals surface area contributed by atoms with Crippen LogP contribution in [0, 0.1) is 5.82 Å². The van der Waals surface area contributed by atoms with Crippen molar-refractivity contribution in [2.75, 3.05) is 18.1 Å². The van der Waals surface area contributed by atoms with Gasteiger partial charge in [-0.3, -0.25) is 14.4 Å². The highest BCUT2D eigenvalue weighted by molar-refractivity contribution is 5.91. The normalized spacial score (nSPS) is 17.0. The summed E-state index contributed by atoms with van der Waals surface area (Å²) in [5.74, 6) is 0.715. The molecule has 6 rings (SSSR count). The van der Waals surface area contributed by atoms with Gasteiger partial charge in [-0.25, -0.2) is 9.18 Å². The molecule has 0 aliphatic carbocycles. The summed E-state index contributed by atoms with van der Waals surface area (Å²) in [4.78, 5) is 14.9. The molecule has 1 N–H and O–H groups in total. The number of rotatable bonds is 1. The van der Waals surface area contributed by atoms with Crippen LogP contribution in [0.15, 0.2) is 36.8 Å². The molecule has 0 saturated heterocycles. The largest absolute Gasteiger partial charge is 0.493 e. The molecule has 1 atom stereocenters. The molecule has 1 aromatic carbocycles. The van der Waals surface area contributed by atoms with Gasteiger partial charge in [-0.05, 0) is 45.0 Å². The zero-order chi connectivity index (χ0) is 24.3. The number of amides is 1. The van der Waals surface area contributed by atoms with Crippen molar-refractivity contribution in [2.45, 2.75) is 38.8 Å². The van der Waals surface area contributed by atoms with E-state index in [9.17, 15) is 4.79 Å². The van der Waals surface area contributed by atoms with Gasteiger partial charge < -0.3 is 14.2 Å². The first-order valence-electron chi connectivity index (χ1n) is 11.2. The fourth-order valence-corrected chi connectivity index (χ4v) is 4.57. The van der Waals surface area contributed by atoms with Crippen molar-refractivity contribution in [2.24, 2.45) is 0 Å². The van der Waals surface area contributed by atoms with Crippen LogP contribution in [0.25, 0.3) is 16.9 Å². The number of carbonyl (C=O) groups is 1. The first kappa shape index (κ1) is 21.4. The Balaban J connectivity index is 1.60. The van der Waals surface area contributed by atoms with E-state index in [0.717, 1.165) is 0 Å². The number of H-pyrrole nitrogens is 1. The fraction of sp³-hybridized carbons (Fsp3) is 0.333. The number of halogens is 1. The van der Waals surface area contributed by atoms with Crippen molar-refractivity contribution in [3.8, 4) is 22.8 Å². The maximum atomic E-state index is 15.2. The van der Waals surface area contributed by atoms with E-state index in [1.54, 1.807) is 49.6 Å². The minimum absolute atomic E-state index is 0.0865. The number of hydrogen-bond acceptors (Lipinski definition) is 7. The predicted octanol–water partition coefficient (Wildman–Crippen LogP) is 4.07. The molecule has 35 heavy (non-hydrogen) atoms. The topological polar surface area (TPSA) is 107 Å². The molecule has 2 aliphatic heterocycles. The van der Waals surface area contributed by atoms with Gasteiger partial charge in [0.15, 0.2) is 17.2 Å². The first-order chi connectivity index (χ1) is 16.8. The number of anilines is 1. The van der Waals surface area contributed by atoms with Crippen LogP contribution in [0.3, 0.4) is 0 Å². The van der Waals surface area contributed by atoms with E-state index in [0.29, 0.717) is 52.0 Å². The molecule has 11 heteroatoms. The lowest BCUT2D eigenvalue weighted by atomic mass is 9.95. The van der Waals surface area contributed by atoms with Gasteiger partial charge in [0.05, 0.1) is 31.4 Å². The molecule has 10 nitrogen and oxygen atoms in total. The van der Waals surface area contributed by atoms with E-state index in [1.807, 2.05) is 0 Å². The first-order valence-corrected chi connectivity index (χ1v) is 11.2. The number of hydrogen-bond donors (Lipinski definition) is 1. The van der Waals surface area contributed by atoms with Gasteiger partial charge >= 0.3 is 6.09 Å². The van der Waals surface area contributed by atoms with Gasteiger partial charge in [0.1, 0.15) is 23.5 Å². The van der Waals surface area contributed by atoms with E-state index in [1.165, 1.54) is 17.3 Å². The Morgan fingerprint density at radius 3 is 2.74 bits per heavy atom. The zero-order valence-corrected chi connectivity index (χ0v) is 19.4. The fourth-order valence-electron chi connectivity index (χ4n) is 4.57. The lowest BCUT2D eigenvalue weighted by Gasteiger charge is -2.29. The van der Waals surface area contributed by atoms with Crippen LogP contribution in [-0.4, -0.2) is 49.7 Å². The lowest BCUT2D eigenvalue weighted by molar-refractivity contribution is 0.0574. The Morgan fingerprint density at radius 2 is 2.00 bits per heavy atom. The summed E-state index contributed by atoms with van der Waals surface area (Å²) in [6.45, 7) is 5.83. The molecule has 3 aromatic heterocycles. The summed E-state index contributed by atoms with van der Waals surface area (Å²) >= 11 is 0. The van der Waals surface area contributed by atoms with Crippen molar-refractivity contribution < 1.29 is 23.4 Å². The average molecular weight is 478 g/mol. The number of nitrogens with zero attached hydrogens (tertiary/aromatic N) is 5. The van der Waals surface area contributed by atoms with Crippen molar-refractivity contribution in [1.82, 2.24) is 24.8 Å². The predicted molar refractivity (Wildman–Crippen MR) is 123 cm³/mol. The minimum atomic E-state index is -0.776. The van der Waals surface area contributed by atoms with Crippen LogP contribution in [0.4, 0.5) is 15.0 Å². The second-order valence-corrected chi connectivity index (χ2v) is 9.56. The molecule has 4 aromatic rings. The number of fused-ring (bicyclic) bond motifs is 3. The summed E-state index contributed by atoms with van der Waals surface area (Å²) < 4.78 is 34.7. The molecular formula is C24H23FN6O4. The Hall–Kier alpha value is -4.15. The summed E-state index contributed by atoms with van der Waals surface area (Å²) in [7, 11) is 0. The minimum Gasteiger partial charge on any atom is -0.493 e. The molecule has 0 saturated carbocycles. The summed E-state index contributed by atoms with van der Waals surface area (Å²) in [6, 6.07) is 6.57. The SMILES string of the molecule is CC(C)(C)OC(=O)N1Cc2c(F)ccc3c2[C@H](CO3)COc2cc(-c3ccn[nH]3)c3nncn3c21. The lowest BCUT2D eigenvalue weighted by Crippen LogP contribution is -2.38. The molecule has 1 amide bonds. The molecular weight excluding hydrogens is 455 g/mol. The van der Waals surface area contributed by atoms with Crippen LogP contribution >= 0.6 is 0 Å². The van der Waals surface area contributed by atoms with Crippen LogP contribution in [0.5, 0.6) is 11.5 Å². The number of pyridine rings is 1. The van der Waals surface area contributed by atoms with E-state index in [4.69, 9.17) is 14.2 Å². The summed E-state index contributed by atoms with van der Waals surface area (Å²) in [6.07, 6.45) is 2.47. The van der Waals surface area contributed by atoms with E-state index < -0.39 is 17.5 Å². The van der Waals surface area contributed by atoms with E-state index >= 15 is 4.39 Å².